The molecule has 0 unspecified atom stereocenters. The quantitative estimate of drug-likeness (QED) is 0.162. The summed E-state index contributed by atoms with van der Waals surface area (Å²) in [6, 6.07) is 53.4. The minimum atomic E-state index is -0.0190. The van der Waals surface area contributed by atoms with Crippen molar-refractivity contribution < 1.29 is 0 Å². The molecule has 2 aliphatic heterocycles. The van der Waals surface area contributed by atoms with Crippen molar-refractivity contribution in [2.24, 2.45) is 0 Å². The summed E-state index contributed by atoms with van der Waals surface area (Å²) in [4.78, 5) is 5.30. The number of fused-ring (bicyclic) bond motifs is 7. The second kappa shape index (κ2) is 16.9. The number of rotatable bonds is 4. The zero-order valence-electron chi connectivity index (χ0n) is 45.9. The lowest BCUT2D eigenvalue weighted by atomic mass is 9.36. The first-order valence-electron chi connectivity index (χ1n) is 26.8. The van der Waals surface area contributed by atoms with Gasteiger partial charge in [-0.25, -0.2) is 0 Å². The summed E-state index contributed by atoms with van der Waals surface area (Å²) in [6.45, 7) is 35.2. The zero-order chi connectivity index (χ0) is 51.0. The molecule has 0 saturated carbocycles. The van der Waals surface area contributed by atoms with E-state index in [-0.39, 0.29) is 33.8 Å². The van der Waals surface area contributed by atoms with Crippen LogP contribution in [0.25, 0.3) is 32.3 Å². The molecule has 7 aromatic carbocycles. The van der Waals surface area contributed by atoms with Gasteiger partial charge in [0.25, 0.3) is 6.71 Å². The molecule has 0 N–H and O–H groups in total. The minimum Gasteiger partial charge on any atom is -0.311 e. The highest BCUT2D eigenvalue weighted by molar-refractivity contribution is 7.33. The van der Waals surface area contributed by atoms with E-state index in [0.717, 1.165) is 12.8 Å². The third kappa shape index (κ3) is 8.25. The largest absolute Gasteiger partial charge is 0.311 e. The lowest BCUT2D eigenvalue weighted by molar-refractivity contribution is 0.569. The lowest BCUT2D eigenvalue weighted by Crippen LogP contribution is -2.60. The Kier molecular flexibility index (Phi) is 11.3. The Morgan fingerprint density at radius 1 is 0.431 bits per heavy atom. The molecule has 0 fully saturated rings. The molecule has 8 aromatic rings. The van der Waals surface area contributed by atoms with Crippen LogP contribution >= 0.6 is 11.3 Å². The minimum absolute atomic E-state index is 0.000523. The van der Waals surface area contributed by atoms with Crippen molar-refractivity contribution in [1.82, 2.24) is 0 Å². The van der Waals surface area contributed by atoms with Crippen LogP contribution in [0.3, 0.4) is 0 Å². The van der Waals surface area contributed by atoms with E-state index in [9.17, 15) is 0 Å². The fourth-order valence-corrected chi connectivity index (χ4v) is 13.1. The molecule has 2 nitrogen and oxygen atoms in total. The number of benzene rings is 7. The number of aryl methyl sites for hydroxylation is 1. The number of anilines is 6. The van der Waals surface area contributed by atoms with Crippen LogP contribution in [0.15, 0.2) is 133 Å². The van der Waals surface area contributed by atoms with Crippen LogP contribution in [0.1, 0.15) is 156 Å². The predicted octanol–water partition coefficient (Wildman–Crippen LogP) is 17.7. The fourth-order valence-electron chi connectivity index (χ4n) is 11.8. The van der Waals surface area contributed by atoms with E-state index in [1.165, 1.54) is 134 Å². The molecule has 0 atom stereocenters. The van der Waals surface area contributed by atoms with Crippen LogP contribution < -0.4 is 25.5 Å². The zero-order valence-corrected chi connectivity index (χ0v) is 46.7. The van der Waals surface area contributed by atoms with E-state index in [2.05, 4.69) is 247 Å². The van der Waals surface area contributed by atoms with Crippen LogP contribution in [0.2, 0.25) is 0 Å². The molecule has 366 valence electrons. The molecule has 0 amide bonds. The molecule has 0 bridgehead atoms. The van der Waals surface area contributed by atoms with Crippen molar-refractivity contribution in [2.75, 3.05) is 9.80 Å². The Balaban J connectivity index is 1.25. The van der Waals surface area contributed by atoms with Crippen molar-refractivity contribution in [1.29, 1.82) is 0 Å². The van der Waals surface area contributed by atoms with Gasteiger partial charge >= 0.3 is 0 Å². The molecule has 11 rings (SSSR count). The van der Waals surface area contributed by atoms with Gasteiger partial charge in [-0.1, -0.05) is 183 Å². The first-order valence-corrected chi connectivity index (χ1v) is 27.6. The summed E-state index contributed by atoms with van der Waals surface area (Å²) in [5, 5.41) is 1.33. The van der Waals surface area contributed by atoms with Gasteiger partial charge in [-0.15, -0.1) is 11.3 Å². The maximum atomic E-state index is 2.67. The van der Waals surface area contributed by atoms with Gasteiger partial charge in [0.05, 0.1) is 11.4 Å². The first-order chi connectivity index (χ1) is 33.9. The summed E-state index contributed by atoms with van der Waals surface area (Å²) in [5.74, 6) is 0. The van der Waals surface area contributed by atoms with Gasteiger partial charge in [0.1, 0.15) is 0 Å². The highest BCUT2D eigenvalue weighted by atomic mass is 32.1. The fraction of sp³-hybridized carbons (Fsp3) is 0.353. The van der Waals surface area contributed by atoms with Crippen molar-refractivity contribution in [3.63, 3.8) is 0 Å². The van der Waals surface area contributed by atoms with Gasteiger partial charge in [-0.3, -0.25) is 0 Å². The molecule has 1 aromatic heterocycles. The summed E-state index contributed by atoms with van der Waals surface area (Å²) in [7, 11) is 0. The smallest absolute Gasteiger partial charge is 0.264 e. The highest BCUT2D eigenvalue weighted by Crippen LogP contribution is 2.51. The van der Waals surface area contributed by atoms with E-state index < -0.39 is 0 Å². The highest BCUT2D eigenvalue weighted by Gasteiger charge is 2.46. The van der Waals surface area contributed by atoms with Crippen molar-refractivity contribution in [3.05, 3.63) is 172 Å². The molecule has 3 heterocycles. The van der Waals surface area contributed by atoms with Crippen molar-refractivity contribution >= 4 is 78.0 Å². The topological polar surface area (TPSA) is 6.48 Å². The Labute approximate surface area is 436 Å². The maximum absolute atomic E-state index is 2.67. The standard InChI is InChI=1S/C68H75BN2S/c1-64(2,3)45-27-31-50(32-28-45)70-58-24-19-25-59-61(58)69(63-62(70)54-41-47(66(7,8)9)30-35-60(54)72-63)55-38-43(44-36-48(67(10,11)12)39-49(37-44)68(13,14)15)26-33-57(55)71(59)56-34-29-46(65(4,5)6)40-53(56)52-23-18-21-42-20-16-17-22-51(42)52/h18-19,21,23-41H,16-17,20,22H2,1-15H3. The number of nitrogens with zero attached hydrogens (tertiary/aromatic N) is 2. The van der Waals surface area contributed by atoms with E-state index in [1.54, 1.807) is 0 Å². The van der Waals surface area contributed by atoms with Gasteiger partial charge in [0.2, 0.25) is 0 Å². The Morgan fingerprint density at radius 2 is 1.00 bits per heavy atom. The van der Waals surface area contributed by atoms with E-state index in [0.29, 0.717) is 0 Å². The molecule has 1 aliphatic carbocycles. The van der Waals surface area contributed by atoms with E-state index in [1.807, 2.05) is 11.3 Å². The molecular weight excluding hydrogens is 888 g/mol. The number of thiophene rings is 1. The van der Waals surface area contributed by atoms with Crippen LogP contribution in [0.4, 0.5) is 34.1 Å². The summed E-state index contributed by atoms with van der Waals surface area (Å²) < 4.78 is 2.74. The van der Waals surface area contributed by atoms with Crippen LogP contribution in [-0.4, -0.2) is 6.71 Å². The summed E-state index contributed by atoms with van der Waals surface area (Å²) >= 11 is 2.00. The second-order valence-corrected chi connectivity index (χ2v) is 27.7. The van der Waals surface area contributed by atoms with Crippen LogP contribution in [-0.2, 0) is 39.9 Å². The molecule has 3 aliphatic rings. The van der Waals surface area contributed by atoms with Crippen molar-refractivity contribution in [2.45, 2.75) is 157 Å². The molecular formula is C68H75BN2S. The Hall–Kier alpha value is -5.84. The van der Waals surface area contributed by atoms with E-state index in [4.69, 9.17) is 0 Å². The molecule has 72 heavy (non-hydrogen) atoms. The molecule has 0 radical (unpaired) electrons. The summed E-state index contributed by atoms with van der Waals surface area (Å²) in [5.41, 5.74) is 25.4. The lowest BCUT2D eigenvalue weighted by Gasteiger charge is -2.44. The SMILES string of the molecule is CC(C)(C)c1ccc(N2c3cccc4c3B(c3cc(-c5cc(C(C)(C)C)cc(C(C)(C)C)c5)ccc3N4c3ccc(C(C)(C)C)cc3-c3cccc4c3CCCC4)c3sc4ccc(C(C)(C)C)cc4c32)cc1. The second-order valence-electron chi connectivity index (χ2n) is 26.6. The summed E-state index contributed by atoms with van der Waals surface area (Å²) in [6.07, 6.45) is 4.75. The monoisotopic (exact) mass is 963 g/mol. The average molecular weight is 963 g/mol. The van der Waals surface area contributed by atoms with Gasteiger partial charge in [-0.2, -0.15) is 0 Å². The molecule has 0 spiro atoms. The predicted molar refractivity (Wildman–Crippen MR) is 317 cm³/mol. The van der Waals surface area contributed by atoms with E-state index >= 15 is 0 Å². The Morgan fingerprint density at radius 3 is 1.65 bits per heavy atom. The van der Waals surface area contributed by atoms with Crippen LogP contribution in [0.5, 0.6) is 0 Å². The number of hydrogen-bond acceptors (Lipinski definition) is 3. The van der Waals surface area contributed by atoms with Crippen LogP contribution in [0, 0.1) is 0 Å². The third-order valence-electron chi connectivity index (χ3n) is 16.2. The normalized spacial score (nSPS) is 14.8. The van der Waals surface area contributed by atoms with Gasteiger partial charge in [0, 0.05) is 43.2 Å². The van der Waals surface area contributed by atoms with Gasteiger partial charge < -0.3 is 9.80 Å². The average Bonchev–Trinajstić information content (AvgIpc) is 3.70. The first kappa shape index (κ1) is 48.4. The molecule has 4 heteroatoms. The molecule has 0 saturated heterocycles. The number of hydrogen-bond donors (Lipinski definition) is 0. The van der Waals surface area contributed by atoms with Gasteiger partial charge in [0.15, 0.2) is 0 Å². The Bertz CT molecular complexity index is 3410. The maximum Gasteiger partial charge on any atom is 0.264 e. The van der Waals surface area contributed by atoms with Gasteiger partial charge in [-0.05, 0) is 174 Å². The van der Waals surface area contributed by atoms with Crippen molar-refractivity contribution in [3.8, 4) is 22.3 Å². The third-order valence-corrected chi connectivity index (χ3v) is 17.5.